The number of aromatic nitrogens is 1. The second-order valence-corrected chi connectivity index (χ2v) is 4.71. The molecule has 1 fully saturated rings. The molecule has 1 saturated heterocycles. The van der Waals surface area contributed by atoms with Gasteiger partial charge < -0.3 is 9.64 Å². The molecule has 0 aromatic carbocycles. The predicted octanol–water partition coefficient (Wildman–Crippen LogP) is 2.25. The van der Waals surface area contributed by atoms with Gasteiger partial charge in [-0.25, -0.2) is 4.98 Å². The third kappa shape index (κ3) is 3.09. The second kappa shape index (κ2) is 5.21. The fourth-order valence-corrected chi connectivity index (χ4v) is 2.23. The molecular weight excluding hydrogens is 263 g/mol. The monoisotopic (exact) mass is 274 g/mol. The summed E-state index contributed by atoms with van der Waals surface area (Å²) in [6.45, 7) is 3.66. The summed E-state index contributed by atoms with van der Waals surface area (Å²) in [5.41, 5.74) is 0.462. The molecule has 6 heteroatoms. The summed E-state index contributed by atoms with van der Waals surface area (Å²) in [5.74, 6) is -0.0913. The Morgan fingerprint density at radius 3 is 2.71 bits per heavy atom. The number of pyridine rings is 1. The van der Waals surface area contributed by atoms with Crippen LogP contribution in [0.1, 0.15) is 17.3 Å². The Morgan fingerprint density at radius 2 is 2.12 bits per heavy atom. The van der Waals surface area contributed by atoms with Gasteiger partial charge in [-0.3, -0.25) is 4.79 Å². The van der Waals surface area contributed by atoms with Crippen molar-refractivity contribution in [3.05, 3.63) is 28.0 Å². The number of hydrogen-bond acceptors (Lipinski definition) is 3. The fraction of sp³-hybridized carbons (Fsp3) is 0.455. The molecule has 1 aromatic heterocycles. The predicted molar refractivity (Wildman–Crippen MR) is 65.6 cm³/mol. The highest BCUT2D eigenvalue weighted by Gasteiger charge is 2.23. The van der Waals surface area contributed by atoms with Crippen LogP contribution < -0.4 is 0 Å². The third-order valence-corrected chi connectivity index (χ3v) is 2.93. The van der Waals surface area contributed by atoms with E-state index in [1.165, 1.54) is 12.1 Å². The van der Waals surface area contributed by atoms with Gasteiger partial charge in [0.1, 0.15) is 10.3 Å². The van der Waals surface area contributed by atoms with Crippen LogP contribution in [0.25, 0.3) is 0 Å². The van der Waals surface area contributed by atoms with Gasteiger partial charge in [-0.1, -0.05) is 23.2 Å². The molecule has 1 aliphatic rings. The van der Waals surface area contributed by atoms with Crippen LogP contribution in [-0.2, 0) is 4.74 Å². The molecule has 0 N–H and O–H groups in total. The van der Waals surface area contributed by atoms with E-state index in [0.29, 0.717) is 25.3 Å². The topological polar surface area (TPSA) is 42.4 Å². The van der Waals surface area contributed by atoms with Crippen LogP contribution in [-0.4, -0.2) is 41.6 Å². The largest absolute Gasteiger partial charge is 0.375 e. The van der Waals surface area contributed by atoms with E-state index in [-0.39, 0.29) is 22.3 Å². The molecule has 0 radical (unpaired) electrons. The Kier molecular flexibility index (Phi) is 3.86. The Balaban J connectivity index is 2.18. The lowest BCUT2D eigenvalue weighted by Crippen LogP contribution is -2.44. The van der Waals surface area contributed by atoms with Crippen molar-refractivity contribution in [3.8, 4) is 0 Å². The molecule has 0 bridgehead atoms. The molecule has 17 heavy (non-hydrogen) atoms. The van der Waals surface area contributed by atoms with Gasteiger partial charge in [-0.05, 0) is 19.1 Å². The van der Waals surface area contributed by atoms with Gasteiger partial charge >= 0.3 is 0 Å². The van der Waals surface area contributed by atoms with Crippen molar-refractivity contribution in [1.29, 1.82) is 0 Å². The summed E-state index contributed by atoms with van der Waals surface area (Å²) in [6.07, 6.45) is 0.0560. The van der Waals surface area contributed by atoms with Gasteiger partial charge in [0.2, 0.25) is 0 Å². The average Bonchev–Trinajstić information content (AvgIpc) is 2.26. The standard InChI is InChI=1S/C11H12Cl2N2O2/c1-7-6-15(2-3-17-7)11(16)8-4-9(12)14-10(13)5-8/h4-5,7H,2-3,6H2,1H3/t7-/m0/s1. The number of ether oxygens (including phenoxy) is 1. The molecule has 92 valence electrons. The first-order chi connectivity index (χ1) is 8.06. The van der Waals surface area contributed by atoms with E-state index in [4.69, 9.17) is 27.9 Å². The highest BCUT2D eigenvalue weighted by Crippen LogP contribution is 2.17. The van der Waals surface area contributed by atoms with E-state index in [1.54, 1.807) is 4.90 Å². The number of rotatable bonds is 1. The first-order valence-corrected chi connectivity index (χ1v) is 6.06. The quantitative estimate of drug-likeness (QED) is 0.738. The Bertz CT molecular complexity index is 419. The summed E-state index contributed by atoms with van der Waals surface area (Å²) in [7, 11) is 0. The van der Waals surface area contributed by atoms with Crippen molar-refractivity contribution in [1.82, 2.24) is 9.88 Å². The lowest BCUT2D eigenvalue weighted by molar-refractivity contribution is -0.0124. The minimum absolute atomic E-state index is 0.0560. The van der Waals surface area contributed by atoms with Crippen LogP contribution in [0.2, 0.25) is 10.3 Å². The molecule has 1 aliphatic heterocycles. The van der Waals surface area contributed by atoms with Crippen LogP contribution in [0, 0.1) is 0 Å². The molecule has 4 nitrogen and oxygen atoms in total. The molecule has 0 spiro atoms. The zero-order valence-corrected chi connectivity index (χ0v) is 10.8. The van der Waals surface area contributed by atoms with Crippen molar-refractivity contribution in [2.75, 3.05) is 19.7 Å². The van der Waals surface area contributed by atoms with E-state index in [1.807, 2.05) is 6.92 Å². The zero-order chi connectivity index (χ0) is 12.4. The molecule has 2 rings (SSSR count). The summed E-state index contributed by atoms with van der Waals surface area (Å²) in [5, 5.41) is 0.448. The van der Waals surface area contributed by atoms with Crippen LogP contribution in [0.3, 0.4) is 0 Å². The molecule has 2 heterocycles. The summed E-state index contributed by atoms with van der Waals surface area (Å²) >= 11 is 11.5. The summed E-state index contributed by atoms with van der Waals surface area (Å²) in [6, 6.07) is 3.05. The van der Waals surface area contributed by atoms with Gasteiger partial charge in [0.25, 0.3) is 5.91 Å². The lowest BCUT2D eigenvalue weighted by Gasteiger charge is -2.31. The summed E-state index contributed by atoms with van der Waals surface area (Å²) < 4.78 is 5.38. The average molecular weight is 275 g/mol. The first-order valence-electron chi connectivity index (χ1n) is 5.30. The Hall–Kier alpha value is -0.840. The maximum Gasteiger partial charge on any atom is 0.254 e. The molecule has 0 aliphatic carbocycles. The lowest BCUT2D eigenvalue weighted by atomic mass is 10.2. The van der Waals surface area contributed by atoms with Crippen molar-refractivity contribution >= 4 is 29.1 Å². The number of morpholine rings is 1. The van der Waals surface area contributed by atoms with E-state index in [0.717, 1.165) is 0 Å². The molecule has 1 atom stereocenters. The normalized spacial score (nSPS) is 20.4. The van der Waals surface area contributed by atoms with Crippen LogP contribution in [0.4, 0.5) is 0 Å². The van der Waals surface area contributed by atoms with Crippen LogP contribution in [0.5, 0.6) is 0 Å². The van der Waals surface area contributed by atoms with Crippen LogP contribution in [0.15, 0.2) is 12.1 Å². The highest BCUT2D eigenvalue weighted by atomic mass is 35.5. The fourth-order valence-electron chi connectivity index (χ4n) is 1.77. The van der Waals surface area contributed by atoms with Crippen molar-refractivity contribution in [3.63, 3.8) is 0 Å². The third-order valence-electron chi connectivity index (χ3n) is 2.54. The van der Waals surface area contributed by atoms with E-state index in [9.17, 15) is 4.79 Å². The Morgan fingerprint density at radius 1 is 1.47 bits per heavy atom. The second-order valence-electron chi connectivity index (χ2n) is 3.93. The maximum absolute atomic E-state index is 12.2. The smallest absolute Gasteiger partial charge is 0.254 e. The maximum atomic E-state index is 12.2. The number of hydrogen-bond donors (Lipinski definition) is 0. The molecule has 1 amide bonds. The highest BCUT2D eigenvalue weighted by molar-refractivity contribution is 6.33. The van der Waals surface area contributed by atoms with E-state index >= 15 is 0 Å². The molecule has 1 aromatic rings. The SMILES string of the molecule is C[C@H]1CN(C(=O)c2cc(Cl)nc(Cl)c2)CCO1. The van der Waals surface area contributed by atoms with E-state index < -0.39 is 0 Å². The van der Waals surface area contributed by atoms with Gasteiger partial charge in [-0.15, -0.1) is 0 Å². The van der Waals surface area contributed by atoms with Gasteiger partial charge in [0.05, 0.1) is 12.7 Å². The number of nitrogens with zero attached hydrogens (tertiary/aromatic N) is 2. The van der Waals surface area contributed by atoms with Gasteiger partial charge in [0.15, 0.2) is 0 Å². The van der Waals surface area contributed by atoms with Crippen molar-refractivity contribution in [2.45, 2.75) is 13.0 Å². The molecular formula is C11H12Cl2N2O2. The van der Waals surface area contributed by atoms with Gasteiger partial charge in [-0.2, -0.15) is 0 Å². The minimum Gasteiger partial charge on any atom is -0.375 e. The van der Waals surface area contributed by atoms with Crippen molar-refractivity contribution < 1.29 is 9.53 Å². The molecule has 0 unspecified atom stereocenters. The minimum atomic E-state index is -0.0913. The van der Waals surface area contributed by atoms with Gasteiger partial charge in [0, 0.05) is 18.7 Å². The first kappa shape index (κ1) is 12.6. The number of carbonyl (C=O) groups is 1. The Labute approximate surface area is 109 Å². The zero-order valence-electron chi connectivity index (χ0n) is 9.32. The molecule has 0 saturated carbocycles. The summed E-state index contributed by atoms with van der Waals surface area (Å²) in [4.78, 5) is 17.7. The van der Waals surface area contributed by atoms with Crippen LogP contribution >= 0.6 is 23.2 Å². The number of halogens is 2. The number of carbonyl (C=O) groups excluding carboxylic acids is 1. The van der Waals surface area contributed by atoms with E-state index in [2.05, 4.69) is 4.98 Å². The number of amides is 1. The van der Waals surface area contributed by atoms with Crippen molar-refractivity contribution in [2.24, 2.45) is 0 Å².